The van der Waals surface area contributed by atoms with E-state index in [9.17, 15) is 9.90 Å². The fourth-order valence-electron chi connectivity index (χ4n) is 1.94. The van der Waals surface area contributed by atoms with Gasteiger partial charge in [0.15, 0.2) is 0 Å². The van der Waals surface area contributed by atoms with Gasteiger partial charge in [-0.3, -0.25) is 9.69 Å². The van der Waals surface area contributed by atoms with E-state index in [1.807, 2.05) is 44.0 Å². The first kappa shape index (κ1) is 17.5. The highest BCUT2D eigenvalue weighted by Gasteiger charge is 2.19. The molecule has 0 aliphatic carbocycles. The summed E-state index contributed by atoms with van der Waals surface area (Å²) in [7, 11) is 3.46. The molecule has 0 spiro atoms. The normalized spacial score (nSPS) is 13.9. The first-order valence-electron chi connectivity index (χ1n) is 7.19. The van der Waals surface area contributed by atoms with E-state index in [-0.39, 0.29) is 18.1 Å². The van der Waals surface area contributed by atoms with E-state index >= 15 is 0 Å². The molecule has 0 aliphatic rings. The number of nitrogens with zero attached hydrogens (tertiary/aromatic N) is 1. The lowest BCUT2D eigenvalue weighted by molar-refractivity contribution is -0.120. The summed E-state index contributed by atoms with van der Waals surface area (Å²) in [5.74, 6) is 0.555. The lowest BCUT2D eigenvalue weighted by atomic mass is 10.2. The number of aliphatic hydroxyl groups is 1. The average molecular weight is 294 g/mol. The fourth-order valence-corrected chi connectivity index (χ4v) is 1.94. The summed E-state index contributed by atoms with van der Waals surface area (Å²) in [6, 6.07) is 5.38. The molecule has 0 heterocycles. The lowest BCUT2D eigenvalue weighted by Crippen LogP contribution is -2.40. The lowest BCUT2D eigenvalue weighted by Gasteiger charge is -2.24. The number of benzene rings is 1. The number of carbonyl (C=O) groups is 1. The van der Waals surface area contributed by atoms with Gasteiger partial charge < -0.3 is 15.2 Å². The minimum Gasteiger partial charge on any atom is -0.495 e. The Morgan fingerprint density at radius 3 is 2.67 bits per heavy atom. The van der Waals surface area contributed by atoms with Crippen molar-refractivity contribution in [2.75, 3.05) is 26.0 Å². The van der Waals surface area contributed by atoms with E-state index in [2.05, 4.69) is 5.32 Å². The monoisotopic (exact) mass is 294 g/mol. The smallest absolute Gasteiger partial charge is 0.241 e. The Bertz CT molecular complexity index is 475. The Morgan fingerprint density at radius 2 is 2.10 bits per heavy atom. The van der Waals surface area contributed by atoms with E-state index in [4.69, 9.17) is 4.74 Å². The van der Waals surface area contributed by atoms with Crippen LogP contribution in [0.2, 0.25) is 0 Å². The number of ether oxygens (including phenoxy) is 1. The van der Waals surface area contributed by atoms with Gasteiger partial charge in [-0.2, -0.15) is 0 Å². The molecule has 5 nitrogen and oxygen atoms in total. The molecule has 1 aromatic carbocycles. The summed E-state index contributed by atoms with van der Waals surface area (Å²) in [4.78, 5) is 14.2. The molecule has 1 rings (SSSR count). The summed E-state index contributed by atoms with van der Waals surface area (Å²) in [6.07, 6.45) is 0.279. The fraction of sp³-hybridized carbons (Fsp3) is 0.562. The van der Waals surface area contributed by atoms with E-state index in [0.29, 0.717) is 24.4 Å². The third-order valence-electron chi connectivity index (χ3n) is 3.55. The minimum atomic E-state index is -0.362. The van der Waals surface area contributed by atoms with Crippen molar-refractivity contribution in [1.29, 1.82) is 0 Å². The van der Waals surface area contributed by atoms with Crippen molar-refractivity contribution in [2.24, 2.45) is 0 Å². The Labute approximate surface area is 126 Å². The highest BCUT2D eigenvalue weighted by atomic mass is 16.5. The van der Waals surface area contributed by atoms with Gasteiger partial charge in [0, 0.05) is 6.54 Å². The third kappa shape index (κ3) is 5.36. The molecule has 21 heavy (non-hydrogen) atoms. The second kappa shape index (κ2) is 8.00. The highest BCUT2D eigenvalue weighted by molar-refractivity contribution is 5.95. The molecule has 0 aromatic heterocycles. The van der Waals surface area contributed by atoms with Crippen LogP contribution in [0.3, 0.4) is 0 Å². The maximum Gasteiger partial charge on any atom is 0.241 e. The molecule has 1 amide bonds. The number of aliphatic hydroxyl groups excluding tert-OH is 1. The van der Waals surface area contributed by atoms with Gasteiger partial charge in [-0.25, -0.2) is 0 Å². The molecule has 0 saturated heterocycles. The van der Waals surface area contributed by atoms with Crippen LogP contribution in [0.25, 0.3) is 0 Å². The van der Waals surface area contributed by atoms with Crippen molar-refractivity contribution >= 4 is 11.6 Å². The molecular weight excluding hydrogens is 268 g/mol. The van der Waals surface area contributed by atoms with Crippen LogP contribution in [0.5, 0.6) is 5.75 Å². The van der Waals surface area contributed by atoms with Gasteiger partial charge in [0.05, 0.1) is 24.9 Å². The van der Waals surface area contributed by atoms with E-state index in [1.165, 1.54) is 0 Å². The SMILES string of the molecule is COc1ccc(C)cc1NC(=O)C(C)N(C)CCC(C)O. The van der Waals surface area contributed by atoms with Crippen molar-refractivity contribution in [3.63, 3.8) is 0 Å². The van der Waals surface area contributed by atoms with Gasteiger partial charge in [-0.15, -0.1) is 0 Å². The Hall–Kier alpha value is -1.59. The van der Waals surface area contributed by atoms with Gasteiger partial charge in [0.25, 0.3) is 0 Å². The number of rotatable bonds is 7. The van der Waals surface area contributed by atoms with Crippen LogP contribution in [0.15, 0.2) is 18.2 Å². The second-order valence-electron chi connectivity index (χ2n) is 5.49. The standard InChI is InChI=1S/C16H26N2O3/c1-11-6-7-15(21-5)14(10-11)17-16(20)13(3)18(4)9-8-12(2)19/h6-7,10,12-13,19H,8-9H2,1-5H3,(H,17,20). The number of methoxy groups -OCH3 is 1. The van der Waals surface area contributed by atoms with Gasteiger partial charge in [0.2, 0.25) is 5.91 Å². The molecule has 0 fully saturated rings. The molecule has 0 radical (unpaired) electrons. The Kier molecular flexibility index (Phi) is 6.65. The molecule has 1 aromatic rings. The topological polar surface area (TPSA) is 61.8 Å². The van der Waals surface area contributed by atoms with Gasteiger partial charge in [-0.1, -0.05) is 6.07 Å². The number of amides is 1. The number of carbonyl (C=O) groups excluding carboxylic acids is 1. The predicted octanol–water partition coefficient (Wildman–Crippen LogP) is 2.03. The van der Waals surface area contributed by atoms with Crippen molar-refractivity contribution in [2.45, 2.75) is 39.3 Å². The van der Waals surface area contributed by atoms with Crippen LogP contribution in [0.1, 0.15) is 25.8 Å². The average Bonchev–Trinajstić information content (AvgIpc) is 2.44. The van der Waals surface area contributed by atoms with Gasteiger partial charge >= 0.3 is 0 Å². The summed E-state index contributed by atoms with van der Waals surface area (Å²) in [6.45, 7) is 6.22. The second-order valence-corrected chi connectivity index (χ2v) is 5.49. The zero-order valence-electron chi connectivity index (χ0n) is 13.5. The molecule has 5 heteroatoms. The van der Waals surface area contributed by atoms with Gasteiger partial charge in [-0.05, 0) is 51.9 Å². The Balaban J connectivity index is 2.69. The number of aryl methyl sites for hydroxylation is 1. The minimum absolute atomic E-state index is 0.0907. The number of hydrogen-bond donors (Lipinski definition) is 2. The molecule has 118 valence electrons. The van der Waals surface area contributed by atoms with E-state index in [0.717, 1.165) is 5.56 Å². The van der Waals surface area contributed by atoms with Gasteiger partial charge in [0.1, 0.15) is 5.75 Å². The zero-order valence-corrected chi connectivity index (χ0v) is 13.5. The first-order valence-corrected chi connectivity index (χ1v) is 7.19. The molecule has 2 atom stereocenters. The number of nitrogens with one attached hydrogen (secondary N) is 1. The Morgan fingerprint density at radius 1 is 1.43 bits per heavy atom. The maximum atomic E-state index is 12.3. The number of hydrogen-bond acceptors (Lipinski definition) is 4. The van der Waals surface area contributed by atoms with E-state index < -0.39 is 0 Å². The number of anilines is 1. The quantitative estimate of drug-likeness (QED) is 0.808. The van der Waals surface area contributed by atoms with Crippen LogP contribution in [0, 0.1) is 6.92 Å². The molecular formula is C16H26N2O3. The molecule has 2 N–H and O–H groups in total. The summed E-state index contributed by atoms with van der Waals surface area (Å²) in [5.41, 5.74) is 1.74. The maximum absolute atomic E-state index is 12.3. The zero-order chi connectivity index (χ0) is 16.0. The third-order valence-corrected chi connectivity index (χ3v) is 3.55. The summed E-state index contributed by atoms with van der Waals surface area (Å²) >= 11 is 0. The molecule has 2 unspecified atom stereocenters. The number of likely N-dealkylation sites (N-methyl/N-ethyl adjacent to an activating group) is 1. The van der Waals surface area contributed by atoms with Crippen molar-refractivity contribution in [3.8, 4) is 5.75 Å². The van der Waals surface area contributed by atoms with Crippen LogP contribution in [-0.2, 0) is 4.79 Å². The molecule has 0 saturated carbocycles. The van der Waals surface area contributed by atoms with Crippen LogP contribution in [-0.4, -0.2) is 48.8 Å². The van der Waals surface area contributed by atoms with Crippen molar-refractivity contribution < 1.29 is 14.6 Å². The van der Waals surface area contributed by atoms with Crippen LogP contribution in [0.4, 0.5) is 5.69 Å². The van der Waals surface area contributed by atoms with Crippen LogP contribution >= 0.6 is 0 Å². The first-order chi connectivity index (χ1) is 9.85. The summed E-state index contributed by atoms with van der Waals surface area (Å²) in [5, 5.41) is 12.2. The highest BCUT2D eigenvalue weighted by Crippen LogP contribution is 2.25. The van der Waals surface area contributed by atoms with Crippen molar-refractivity contribution in [3.05, 3.63) is 23.8 Å². The largest absolute Gasteiger partial charge is 0.495 e. The molecule has 0 bridgehead atoms. The van der Waals surface area contributed by atoms with E-state index in [1.54, 1.807) is 14.0 Å². The molecule has 0 aliphatic heterocycles. The van der Waals surface area contributed by atoms with Crippen LogP contribution < -0.4 is 10.1 Å². The predicted molar refractivity (Wildman–Crippen MR) is 84.8 cm³/mol. The summed E-state index contributed by atoms with van der Waals surface area (Å²) < 4.78 is 5.26. The van der Waals surface area contributed by atoms with Crippen molar-refractivity contribution in [1.82, 2.24) is 4.90 Å².